The maximum atomic E-state index is 11.3. The predicted octanol–water partition coefficient (Wildman–Crippen LogP) is 5.28. The van der Waals surface area contributed by atoms with Crippen molar-refractivity contribution in [1.82, 2.24) is 5.32 Å². The van der Waals surface area contributed by atoms with Crippen LogP contribution in [0.15, 0.2) is 0 Å². The van der Waals surface area contributed by atoms with Gasteiger partial charge in [-0.15, -0.1) is 0 Å². The predicted molar refractivity (Wildman–Crippen MR) is 106 cm³/mol. The minimum Gasteiger partial charge on any atom is -0.323 e. The Morgan fingerprint density at radius 2 is 1.04 bits per heavy atom. The summed E-state index contributed by atoms with van der Waals surface area (Å²) in [4.78, 5) is 0. The summed E-state index contributed by atoms with van der Waals surface area (Å²) in [6.45, 7) is 4.47. The second kappa shape index (κ2) is 20.9. The third-order valence-corrected chi connectivity index (χ3v) is 5.15. The molecular formula is C19H43NO3S. The summed E-state index contributed by atoms with van der Waals surface area (Å²) in [6, 6.07) is 0. The quantitative estimate of drug-likeness (QED) is 0.299. The van der Waals surface area contributed by atoms with Crippen LogP contribution >= 0.6 is 0 Å². The fourth-order valence-electron chi connectivity index (χ4n) is 2.44. The summed E-state index contributed by atoms with van der Waals surface area (Å²) in [5, 5.41) is 2.75. The molecule has 0 aromatic heterocycles. The lowest BCUT2D eigenvalue weighted by molar-refractivity contribution is 0.306. The van der Waals surface area contributed by atoms with E-state index in [0.29, 0.717) is 13.0 Å². The molecule has 0 bridgehead atoms. The lowest BCUT2D eigenvalue weighted by atomic mass is 10.1. The molecule has 4 nitrogen and oxygen atoms in total. The molecule has 0 radical (unpaired) electrons. The smallest absolute Gasteiger partial charge is 0.267 e. The Kier molecular flexibility index (Phi) is 22.7. The van der Waals surface area contributed by atoms with Gasteiger partial charge in [0.15, 0.2) is 0 Å². The van der Waals surface area contributed by atoms with Gasteiger partial charge in [-0.3, -0.25) is 4.18 Å². The molecule has 0 saturated carbocycles. The van der Waals surface area contributed by atoms with E-state index >= 15 is 0 Å². The highest BCUT2D eigenvalue weighted by Gasteiger charge is 2.08. The van der Waals surface area contributed by atoms with Gasteiger partial charge in [-0.05, 0) is 26.9 Å². The molecule has 0 aliphatic heterocycles. The summed E-state index contributed by atoms with van der Waals surface area (Å²) in [5.74, 6) is 0.144. The maximum Gasteiger partial charge on any atom is 0.267 e. The van der Waals surface area contributed by atoms with Crippen molar-refractivity contribution < 1.29 is 12.6 Å². The van der Waals surface area contributed by atoms with Crippen molar-refractivity contribution in [2.45, 2.75) is 97.3 Å². The van der Waals surface area contributed by atoms with Gasteiger partial charge in [-0.1, -0.05) is 84.5 Å². The Morgan fingerprint density at radius 1 is 0.667 bits per heavy atom. The third-order valence-electron chi connectivity index (χ3n) is 3.71. The molecule has 0 aromatic carbocycles. The molecule has 5 heteroatoms. The molecule has 148 valence electrons. The van der Waals surface area contributed by atoms with Crippen LogP contribution in [0, 0.1) is 0 Å². The van der Waals surface area contributed by atoms with Gasteiger partial charge in [0.1, 0.15) is 0 Å². The monoisotopic (exact) mass is 365 g/mol. The molecular weight excluding hydrogens is 322 g/mol. The zero-order chi connectivity index (χ0) is 18.5. The van der Waals surface area contributed by atoms with Gasteiger partial charge in [0.2, 0.25) is 0 Å². The molecule has 0 saturated heterocycles. The van der Waals surface area contributed by atoms with Crippen LogP contribution in [-0.2, 0) is 14.3 Å². The van der Waals surface area contributed by atoms with Crippen molar-refractivity contribution in [3.05, 3.63) is 0 Å². The minimum atomic E-state index is -3.25. The van der Waals surface area contributed by atoms with E-state index in [4.69, 9.17) is 4.18 Å². The number of hydrogen-bond donors (Lipinski definition) is 1. The fourth-order valence-corrected chi connectivity index (χ4v) is 3.43. The molecule has 0 spiro atoms. The van der Waals surface area contributed by atoms with Gasteiger partial charge < -0.3 is 5.32 Å². The molecule has 0 aliphatic rings. The largest absolute Gasteiger partial charge is 0.323 e. The van der Waals surface area contributed by atoms with Gasteiger partial charge in [0.25, 0.3) is 10.1 Å². The molecule has 0 aromatic rings. The van der Waals surface area contributed by atoms with Crippen molar-refractivity contribution >= 4 is 10.1 Å². The van der Waals surface area contributed by atoms with E-state index in [2.05, 4.69) is 12.2 Å². The SMILES string of the molecule is CCCCCCCCCCCCCCOS(=O)(=O)CCC.CNC. The minimum absolute atomic E-state index is 0.144. The van der Waals surface area contributed by atoms with Gasteiger partial charge in [-0.25, -0.2) is 0 Å². The Bertz CT molecular complexity index is 319. The van der Waals surface area contributed by atoms with Crippen molar-refractivity contribution in [2.75, 3.05) is 26.5 Å². The highest BCUT2D eigenvalue weighted by atomic mass is 32.2. The third kappa shape index (κ3) is 24.1. The summed E-state index contributed by atoms with van der Waals surface area (Å²) < 4.78 is 27.6. The zero-order valence-corrected chi connectivity index (χ0v) is 17.6. The number of rotatable bonds is 16. The van der Waals surface area contributed by atoms with Crippen LogP contribution in [0.3, 0.4) is 0 Å². The Balaban J connectivity index is 0. The average Bonchev–Trinajstić information content (AvgIpc) is 2.52. The fraction of sp³-hybridized carbons (Fsp3) is 1.00. The highest BCUT2D eigenvalue weighted by molar-refractivity contribution is 7.86. The van der Waals surface area contributed by atoms with E-state index in [9.17, 15) is 8.42 Å². The molecule has 0 fully saturated rings. The lowest BCUT2D eigenvalue weighted by Crippen LogP contribution is -2.10. The first-order valence-corrected chi connectivity index (χ1v) is 11.6. The van der Waals surface area contributed by atoms with Crippen LogP contribution in [0.5, 0.6) is 0 Å². The summed E-state index contributed by atoms with van der Waals surface area (Å²) in [5.41, 5.74) is 0. The number of hydrogen-bond acceptors (Lipinski definition) is 4. The summed E-state index contributed by atoms with van der Waals surface area (Å²) >= 11 is 0. The molecule has 24 heavy (non-hydrogen) atoms. The second-order valence-corrected chi connectivity index (χ2v) is 8.23. The first-order valence-electron chi connectivity index (χ1n) is 9.99. The van der Waals surface area contributed by atoms with Crippen molar-refractivity contribution in [3.8, 4) is 0 Å². The molecule has 0 rings (SSSR count). The maximum absolute atomic E-state index is 11.3. The van der Waals surface area contributed by atoms with Gasteiger partial charge in [-0.2, -0.15) is 8.42 Å². The first kappa shape index (κ1) is 26.1. The molecule has 0 amide bonds. The topological polar surface area (TPSA) is 55.4 Å². The van der Waals surface area contributed by atoms with Crippen LogP contribution in [0.1, 0.15) is 97.3 Å². The summed E-state index contributed by atoms with van der Waals surface area (Å²) in [6.07, 6.45) is 16.0. The van der Waals surface area contributed by atoms with Crippen molar-refractivity contribution in [1.29, 1.82) is 0 Å². The first-order chi connectivity index (χ1) is 11.5. The van der Waals surface area contributed by atoms with Crippen LogP contribution in [-0.4, -0.2) is 34.9 Å². The Labute approximate surface area is 152 Å². The van der Waals surface area contributed by atoms with E-state index < -0.39 is 10.1 Å². The molecule has 0 unspecified atom stereocenters. The average molecular weight is 366 g/mol. The summed E-state index contributed by atoms with van der Waals surface area (Å²) in [7, 11) is 0.504. The van der Waals surface area contributed by atoms with E-state index in [1.54, 1.807) is 0 Å². The highest BCUT2D eigenvalue weighted by Crippen LogP contribution is 2.12. The van der Waals surface area contributed by atoms with E-state index in [0.717, 1.165) is 12.8 Å². The van der Waals surface area contributed by atoms with Gasteiger partial charge >= 0.3 is 0 Å². The van der Waals surface area contributed by atoms with Gasteiger partial charge in [0, 0.05) is 0 Å². The van der Waals surface area contributed by atoms with Crippen LogP contribution in [0.2, 0.25) is 0 Å². The normalized spacial score (nSPS) is 11.2. The molecule has 0 heterocycles. The van der Waals surface area contributed by atoms with Crippen LogP contribution in [0.25, 0.3) is 0 Å². The Hall–Kier alpha value is -0.130. The molecule has 0 aliphatic carbocycles. The van der Waals surface area contributed by atoms with Crippen LogP contribution in [0.4, 0.5) is 0 Å². The number of nitrogens with one attached hydrogen (secondary N) is 1. The Morgan fingerprint density at radius 3 is 1.42 bits per heavy atom. The van der Waals surface area contributed by atoms with E-state index in [1.807, 2.05) is 21.0 Å². The second-order valence-electron chi connectivity index (χ2n) is 6.47. The van der Waals surface area contributed by atoms with E-state index in [1.165, 1.54) is 64.2 Å². The molecule has 0 atom stereocenters. The lowest BCUT2D eigenvalue weighted by Gasteiger charge is -2.04. The van der Waals surface area contributed by atoms with Gasteiger partial charge in [0.05, 0.1) is 12.4 Å². The van der Waals surface area contributed by atoms with Crippen molar-refractivity contribution in [2.24, 2.45) is 0 Å². The zero-order valence-electron chi connectivity index (χ0n) is 16.7. The van der Waals surface area contributed by atoms with Crippen LogP contribution < -0.4 is 5.32 Å². The molecule has 1 N–H and O–H groups in total. The van der Waals surface area contributed by atoms with E-state index in [-0.39, 0.29) is 5.75 Å². The standard InChI is InChI=1S/C17H36O3S.C2H7N/c1-3-5-6-7-8-9-10-11-12-13-14-15-16-20-21(18,19)17-4-2;1-3-2/h3-17H2,1-2H3;3H,1-2H3. The number of unbranched alkanes of at least 4 members (excludes halogenated alkanes) is 11. The van der Waals surface area contributed by atoms with Crippen molar-refractivity contribution in [3.63, 3.8) is 0 Å².